The Morgan fingerprint density at radius 3 is 2.15 bits per heavy atom. The van der Waals surface area contributed by atoms with E-state index in [-0.39, 0.29) is 46.8 Å². The monoisotopic (exact) mass is 572 g/mol. The second-order valence-corrected chi connectivity index (χ2v) is 15.6. The Hall–Kier alpha value is -2.02. The van der Waals surface area contributed by atoms with Crippen LogP contribution in [-0.4, -0.2) is 46.4 Å². The number of Topliss-reactive ketones (excluding diaryl/α,β-unsaturated/α-hetero) is 2. The summed E-state index contributed by atoms with van der Waals surface area (Å²) in [5, 5.41) is 10.6. The molecule has 0 heterocycles. The van der Waals surface area contributed by atoms with E-state index in [2.05, 4.69) is 41.5 Å². The average molecular weight is 573 g/mol. The molecule has 2 fully saturated rings. The van der Waals surface area contributed by atoms with Crippen molar-refractivity contribution in [2.24, 2.45) is 39.4 Å². The number of carbonyl (C=O) groups excluding carboxylic acids is 4. The number of allylic oxidation sites excluding steroid dienone is 2. The van der Waals surface area contributed by atoms with Crippen LogP contribution in [0, 0.1) is 39.4 Å². The molecule has 1 unspecified atom stereocenters. The van der Waals surface area contributed by atoms with Gasteiger partial charge in [0.05, 0.1) is 5.60 Å². The highest BCUT2D eigenvalue weighted by molar-refractivity contribution is 6.11. The molecule has 0 saturated heterocycles. The van der Waals surface area contributed by atoms with Gasteiger partial charge in [0.2, 0.25) is 0 Å². The van der Waals surface area contributed by atoms with Crippen LogP contribution in [0.15, 0.2) is 11.1 Å². The van der Waals surface area contributed by atoms with E-state index in [1.165, 1.54) is 13.8 Å². The molecule has 0 aliphatic heterocycles. The van der Waals surface area contributed by atoms with Crippen molar-refractivity contribution in [2.75, 3.05) is 0 Å². The van der Waals surface area contributed by atoms with Gasteiger partial charge in [-0.15, -0.1) is 0 Å². The van der Waals surface area contributed by atoms with Crippen LogP contribution in [0.3, 0.4) is 0 Å². The average Bonchev–Trinajstić information content (AvgIpc) is 3.09. The molecule has 1 N–H and O–H groups in total. The predicted molar refractivity (Wildman–Crippen MR) is 156 cm³/mol. The number of ketones is 2. The molecule has 4 aliphatic rings. The first-order valence-electron chi connectivity index (χ1n) is 15.6. The first kappa shape index (κ1) is 31.9. The van der Waals surface area contributed by atoms with Gasteiger partial charge >= 0.3 is 11.9 Å². The maximum Gasteiger partial charge on any atom is 0.303 e. The number of rotatable bonds is 7. The summed E-state index contributed by atoms with van der Waals surface area (Å²) < 4.78 is 11.2. The van der Waals surface area contributed by atoms with E-state index in [9.17, 15) is 24.3 Å². The molecule has 0 spiro atoms. The van der Waals surface area contributed by atoms with Crippen LogP contribution in [0.1, 0.15) is 121 Å². The topological polar surface area (TPSA) is 107 Å². The summed E-state index contributed by atoms with van der Waals surface area (Å²) >= 11 is 0. The largest absolute Gasteiger partial charge is 0.462 e. The zero-order valence-corrected chi connectivity index (χ0v) is 26.9. The Balaban J connectivity index is 1.67. The summed E-state index contributed by atoms with van der Waals surface area (Å²) in [5.74, 6) is -0.153. The molecule has 0 amide bonds. The standard InChI is InChI=1S/C34H52O7/c1-19(11-12-27(31(6,7)39)41-21(3)36)22-13-16-33(9)29-23(37)17-25-30(4,5)26(40-20(2)35)14-15-32(25,8)28(29)24(38)18-34(22,33)10/h19,22,25-27,39H,11-18H2,1-10H3/t19-,22-,25+,26+,27?,32+,33+,34-/m1/s1. The summed E-state index contributed by atoms with van der Waals surface area (Å²) in [7, 11) is 0. The molecule has 2 saturated carbocycles. The molecule has 0 aromatic rings. The second-order valence-electron chi connectivity index (χ2n) is 15.6. The van der Waals surface area contributed by atoms with E-state index in [1.807, 2.05) is 0 Å². The highest BCUT2D eigenvalue weighted by Crippen LogP contribution is 2.71. The summed E-state index contributed by atoms with van der Waals surface area (Å²) in [5.41, 5.74) is -1.24. The Labute approximate surface area is 246 Å². The van der Waals surface area contributed by atoms with Crippen LogP contribution in [0.25, 0.3) is 0 Å². The third-order valence-electron chi connectivity index (χ3n) is 12.3. The minimum Gasteiger partial charge on any atom is -0.462 e. The molecule has 8 atom stereocenters. The molecular formula is C34H52O7. The predicted octanol–water partition coefficient (Wildman–Crippen LogP) is 6.14. The smallest absolute Gasteiger partial charge is 0.303 e. The fourth-order valence-electron chi connectivity index (χ4n) is 9.88. The van der Waals surface area contributed by atoms with E-state index in [0.29, 0.717) is 25.7 Å². The van der Waals surface area contributed by atoms with Crippen LogP contribution in [0.5, 0.6) is 0 Å². The van der Waals surface area contributed by atoms with Gasteiger partial charge < -0.3 is 14.6 Å². The van der Waals surface area contributed by atoms with E-state index in [1.54, 1.807) is 13.8 Å². The van der Waals surface area contributed by atoms with Gasteiger partial charge in [0.25, 0.3) is 0 Å². The lowest BCUT2D eigenvalue weighted by atomic mass is 9.42. The zero-order valence-electron chi connectivity index (χ0n) is 26.9. The highest BCUT2D eigenvalue weighted by atomic mass is 16.6. The highest BCUT2D eigenvalue weighted by Gasteiger charge is 2.67. The Bertz CT molecular complexity index is 1160. The summed E-state index contributed by atoms with van der Waals surface area (Å²) in [6, 6.07) is 0. The number of carbonyl (C=O) groups is 4. The van der Waals surface area contributed by atoms with Crippen LogP contribution in [-0.2, 0) is 28.7 Å². The first-order chi connectivity index (χ1) is 18.7. The van der Waals surface area contributed by atoms with Crippen molar-refractivity contribution < 1.29 is 33.8 Å². The summed E-state index contributed by atoms with van der Waals surface area (Å²) in [4.78, 5) is 52.0. The molecule has 4 aliphatic carbocycles. The van der Waals surface area contributed by atoms with Crippen molar-refractivity contribution in [2.45, 2.75) is 138 Å². The quantitative estimate of drug-likeness (QED) is 0.365. The van der Waals surface area contributed by atoms with Gasteiger partial charge in [-0.25, -0.2) is 0 Å². The van der Waals surface area contributed by atoms with E-state index >= 15 is 0 Å². The molecular weight excluding hydrogens is 520 g/mol. The maximum absolute atomic E-state index is 14.3. The SMILES string of the molecule is CC(=O)OC(CC[C@@H](C)[C@H]1CC[C@@]2(C)C3=C(C(=O)C[C@]12C)[C@@]1(C)CC[C@H](OC(C)=O)C(C)(C)[C@@H]1CC3=O)C(C)(C)O. The van der Waals surface area contributed by atoms with E-state index in [4.69, 9.17) is 9.47 Å². The lowest BCUT2D eigenvalue weighted by Gasteiger charge is -2.60. The van der Waals surface area contributed by atoms with Gasteiger partial charge in [-0.3, -0.25) is 19.2 Å². The van der Waals surface area contributed by atoms with Crippen LogP contribution < -0.4 is 0 Å². The van der Waals surface area contributed by atoms with Gasteiger partial charge in [0, 0.05) is 54.1 Å². The third kappa shape index (κ3) is 5.02. The lowest BCUT2D eigenvalue weighted by molar-refractivity contribution is -0.169. The Morgan fingerprint density at radius 2 is 1.59 bits per heavy atom. The van der Waals surface area contributed by atoms with Crippen molar-refractivity contribution >= 4 is 23.5 Å². The van der Waals surface area contributed by atoms with Gasteiger partial charge in [0.1, 0.15) is 12.2 Å². The normalized spacial score (nSPS) is 38.0. The van der Waals surface area contributed by atoms with Crippen molar-refractivity contribution in [3.63, 3.8) is 0 Å². The Kier molecular flexibility index (Phi) is 8.02. The van der Waals surface area contributed by atoms with Crippen LogP contribution >= 0.6 is 0 Å². The fourth-order valence-corrected chi connectivity index (χ4v) is 9.88. The van der Waals surface area contributed by atoms with Crippen molar-refractivity contribution in [3.8, 4) is 0 Å². The third-order valence-corrected chi connectivity index (χ3v) is 12.3. The minimum absolute atomic E-state index is 0.0765. The summed E-state index contributed by atoms with van der Waals surface area (Å²) in [6.07, 6.45) is 4.37. The van der Waals surface area contributed by atoms with Gasteiger partial charge in [-0.2, -0.15) is 0 Å². The Morgan fingerprint density at radius 1 is 0.951 bits per heavy atom. The van der Waals surface area contributed by atoms with Crippen LogP contribution in [0.2, 0.25) is 0 Å². The molecule has 0 bridgehead atoms. The number of esters is 2. The maximum atomic E-state index is 14.3. The zero-order chi connectivity index (χ0) is 30.9. The second kappa shape index (κ2) is 10.3. The molecule has 4 rings (SSSR count). The molecule has 0 radical (unpaired) electrons. The summed E-state index contributed by atoms with van der Waals surface area (Å²) in [6.45, 7) is 19.1. The van der Waals surface area contributed by atoms with Crippen molar-refractivity contribution in [1.29, 1.82) is 0 Å². The van der Waals surface area contributed by atoms with Gasteiger partial charge in [-0.1, -0.05) is 41.5 Å². The van der Waals surface area contributed by atoms with Gasteiger partial charge in [0.15, 0.2) is 11.6 Å². The van der Waals surface area contributed by atoms with E-state index < -0.39 is 33.9 Å². The number of hydrogen-bond acceptors (Lipinski definition) is 7. The molecule has 0 aromatic heterocycles. The van der Waals surface area contributed by atoms with E-state index in [0.717, 1.165) is 36.8 Å². The molecule has 0 aromatic carbocycles. The molecule has 41 heavy (non-hydrogen) atoms. The first-order valence-corrected chi connectivity index (χ1v) is 15.6. The number of hydrogen-bond donors (Lipinski definition) is 1. The number of ether oxygens (including phenoxy) is 2. The fraction of sp³-hybridized carbons (Fsp3) is 0.824. The lowest BCUT2D eigenvalue weighted by Crippen LogP contribution is -2.59. The molecule has 7 heteroatoms. The molecule has 230 valence electrons. The molecule has 7 nitrogen and oxygen atoms in total. The number of fused-ring (bicyclic) bond motifs is 4. The van der Waals surface area contributed by atoms with Gasteiger partial charge in [-0.05, 0) is 75.5 Å². The van der Waals surface area contributed by atoms with Crippen LogP contribution in [0.4, 0.5) is 0 Å². The minimum atomic E-state index is -1.15. The number of aliphatic hydroxyl groups is 1. The van der Waals surface area contributed by atoms with Crippen molar-refractivity contribution in [3.05, 3.63) is 11.1 Å². The van der Waals surface area contributed by atoms with Crippen molar-refractivity contribution in [1.82, 2.24) is 0 Å².